The van der Waals surface area contributed by atoms with Gasteiger partial charge >= 0.3 is 0 Å². The first-order valence-electron chi connectivity index (χ1n) is 7.25. The molecule has 1 amide bonds. The van der Waals surface area contributed by atoms with Gasteiger partial charge in [-0.05, 0) is 32.6 Å². The van der Waals surface area contributed by atoms with E-state index in [9.17, 15) is 4.79 Å². The summed E-state index contributed by atoms with van der Waals surface area (Å²) >= 11 is 0. The van der Waals surface area contributed by atoms with Crippen molar-refractivity contribution in [2.75, 3.05) is 6.54 Å². The van der Waals surface area contributed by atoms with Gasteiger partial charge in [-0.1, -0.05) is 26.7 Å². The molecule has 1 aliphatic rings. The predicted octanol–water partition coefficient (Wildman–Crippen LogP) is 1.97. The maximum absolute atomic E-state index is 12.0. The van der Waals surface area contributed by atoms with E-state index in [0.29, 0.717) is 6.54 Å². The van der Waals surface area contributed by atoms with Gasteiger partial charge in [-0.15, -0.1) is 0 Å². The van der Waals surface area contributed by atoms with Crippen molar-refractivity contribution < 1.29 is 9.53 Å². The van der Waals surface area contributed by atoms with Crippen molar-refractivity contribution in [3.63, 3.8) is 0 Å². The first-order chi connectivity index (χ1) is 8.56. The highest BCUT2D eigenvalue weighted by Gasteiger charge is 2.36. The average molecular weight is 256 g/mol. The predicted molar refractivity (Wildman–Crippen MR) is 73.3 cm³/mol. The quantitative estimate of drug-likeness (QED) is 0.732. The van der Waals surface area contributed by atoms with Crippen LogP contribution in [-0.2, 0) is 9.53 Å². The lowest BCUT2D eigenvalue weighted by Gasteiger charge is -2.31. The minimum atomic E-state index is -0.410. The first kappa shape index (κ1) is 15.4. The summed E-state index contributed by atoms with van der Waals surface area (Å²) < 4.78 is 5.96. The molecule has 1 atom stereocenters. The van der Waals surface area contributed by atoms with Crippen LogP contribution in [0.2, 0.25) is 0 Å². The molecule has 1 fully saturated rings. The SMILES string of the molecule is CCC(CC)NC(=O)C(C)OC1(CN)CCCC1. The number of rotatable bonds is 7. The smallest absolute Gasteiger partial charge is 0.249 e. The molecular formula is C14H28N2O2. The van der Waals surface area contributed by atoms with Crippen LogP contribution in [0.3, 0.4) is 0 Å². The minimum Gasteiger partial charge on any atom is -0.361 e. The van der Waals surface area contributed by atoms with Crippen molar-refractivity contribution in [3.05, 3.63) is 0 Å². The van der Waals surface area contributed by atoms with E-state index in [1.165, 1.54) is 0 Å². The number of ether oxygens (including phenoxy) is 1. The zero-order valence-electron chi connectivity index (χ0n) is 12.0. The van der Waals surface area contributed by atoms with Crippen LogP contribution < -0.4 is 11.1 Å². The van der Waals surface area contributed by atoms with Crippen LogP contribution in [0.5, 0.6) is 0 Å². The van der Waals surface area contributed by atoms with E-state index in [4.69, 9.17) is 10.5 Å². The van der Waals surface area contributed by atoms with E-state index >= 15 is 0 Å². The van der Waals surface area contributed by atoms with E-state index in [-0.39, 0.29) is 17.6 Å². The molecule has 0 aromatic rings. The van der Waals surface area contributed by atoms with E-state index in [1.807, 2.05) is 6.92 Å². The summed E-state index contributed by atoms with van der Waals surface area (Å²) in [4.78, 5) is 12.0. The molecule has 106 valence electrons. The third-order valence-electron chi connectivity index (χ3n) is 4.01. The summed E-state index contributed by atoms with van der Waals surface area (Å²) in [5.41, 5.74) is 5.55. The summed E-state index contributed by atoms with van der Waals surface area (Å²) in [5, 5.41) is 3.03. The van der Waals surface area contributed by atoms with Gasteiger partial charge in [0, 0.05) is 12.6 Å². The van der Waals surface area contributed by atoms with Gasteiger partial charge in [0.15, 0.2) is 0 Å². The molecule has 0 aliphatic heterocycles. The highest BCUT2D eigenvalue weighted by molar-refractivity contribution is 5.80. The fraction of sp³-hybridized carbons (Fsp3) is 0.929. The summed E-state index contributed by atoms with van der Waals surface area (Å²) in [6, 6.07) is 0.251. The normalized spacial score (nSPS) is 20.1. The topological polar surface area (TPSA) is 64.3 Å². The molecule has 1 saturated carbocycles. The lowest BCUT2D eigenvalue weighted by Crippen LogP contribution is -2.47. The van der Waals surface area contributed by atoms with Crippen molar-refractivity contribution in [2.45, 2.75) is 77.0 Å². The minimum absolute atomic E-state index is 0.0107. The van der Waals surface area contributed by atoms with Crippen LogP contribution in [0.4, 0.5) is 0 Å². The largest absolute Gasteiger partial charge is 0.361 e. The van der Waals surface area contributed by atoms with Crippen molar-refractivity contribution in [2.24, 2.45) is 5.73 Å². The molecule has 0 spiro atoms. The fourth-order valence-electron chi connectivity index (χ4n) is 2.63. The van der Waals surface area contributed by atoms with Gasteiger partial charge in [0.1, 0.15) is 6.10 Å². The molecule has 0 saturated heterocycles. The van der Waals surface area contributed by atoms with E-state index in [1.54, 1.807) is 0 Å². The van der Waals surface area contributed by atoms with Gasteiger partial charge in [-0.2, -0.15) is 0 Å². The van der Waals surface area contributed by atoms with Gasteiger partial charge in [-0.25, -0.2) is 0 Å². The Morgan fingerprint density at radius 3 is 2.33 bits per heavy atom. The van der Waals surface area contributed by atoms with Crippen molar-refractivity contribution in [1.82, 2.24) is 5.32 Å². The number of hydrogen-bond donors (Lipinski definition) is 2. The Labute approximate surface area is 111 Å². The van der Waals surface area contributed by atoms with Crippen molar-refractivity contribution >= 4 is 5.91 Å². The molecule has 1 rings (SSSR count). The van der Waals surface area contributed by atoms with Gasteiger partial charge in [0.2, 0.25) is 5.91 Å². The lowest BCUT2D eigenvalue weighted by molar-refractivity contribution is -0.144. The van der Waals surface area contributed by atoms with Gasteiger partial charge in [0.25, 0.3) is 0 Å². The molecule has 18 heavy (non-hydrogen) atoms. The Kier molecular flexibility index (Phi) is 6.09. The van der Waals surface area contributed by atoms with Gasteiger partial charge < -0.3 is 15.8 Å². The van der Waals surface area contributed by atoms with Crippen LogP contribution in [0.25, 0.3) is 0 Å². The summed E-state index contributed by atoms with van der Waals surface area (Å²) in [6.07, 6.45) is 5.76. The first-order valence-corrected chi connectivity index (χ1v) is 7.25. The number of hydrogen-bond acceptors (Lipinski definition) is 3. The second-order valence-electron chi connectivity index (χ2n) is 5.38. The van der Waals surface area contributed by atoms with Crippen LogP contribution in [0.15, 0.2) is 0 Å². The Hall–Kier alpha value is -0.610. The maximum Gasteiger partial charge on any atom is 0.249 e. The Balaban J connectivity index is 2.48. The number of carbonyl (C=O) groups is 1. The molecule has 4 heteroatoms. The van der Waals surface area contributed by atoms with E-state index < -0.39 is 6.10 Å². The standard InChI is InChI=1S/C14H28N2O2/c1-4-12(5-2)16-13(17)11(3)18-14(10-15)8-6-7-9-14/h11-12H,4-10,15H2,1-3H3,(H,16,17). The van der Waals surface area contributed by atoms with Crippen molar-refractivity contribution in [3.8, 4) is 0 Å². The molecule has 3 N–H and O–H groups in total. The maximum atomic E-state index is 12.0. The summed E-state index contributed by atoms with van der Waals surface area (Å²) in [7, 11) is 0. The molecule has 0 heterocycles. The number of nitrogens with two attached hydrogens (primary N) is 1. The molecule has 4 nitrogen and oxygen atoms in total. The Morgan fingerprint density at radius 2 is 1.89 bits per heavy atom. The fourth-order valence-corrected chi connectivity index (χ4v) is 2.63. The second kappa shape index (κ2) is 7.10. The van der Waals surface area contributed by atoms with Crippen LogP contribution in [0, 0.1) is 0 Å². The highest BCUT2D eigenvalue weighted by atomic mass is 16.5. The molecule has 0 aromatic heterocycles. The van der Waals surface area contributed by atoms with Crippen LogP contribution >= 0.6 is 0 Å². The molecule has 0 aromatic carbocycles. The summed E-state index contributed by atoms with van der Waals surface area (Å²) in [6.45, 7) is 6.50. The van der Waals surface area contributed by atoms with Crippen LogP contribution in [-0.4, -0.2) is 30.2 Å². The molecular weight excluding hydrogens is 228 g/mol. The Morgan fingerprint density at radius 1 is 1.33 bits per heavy atom. The van der Waals surface area contributed by atoms with E-state index in [0.717, 1.165) is 38.5 Å². The number of amides is 1. The highest BCUT2D eigenvalue weighted by Crippen LogP contribution is 2.33. The lowest BCUT2D eigenvalue weighted by atomic mass is 10.0. The number of nitrogens with one attached hydrogen (secondary N) is 1. The molecule has 0 bridgehead atoms. The number of carbonyl (C=O) groups excluding carboxylic acids is 1. The zero-order valence-corrected chi connectivity index (χ0v) is 12.0. The second-order valence-corrected chi connectivity index (χ2v) is 5.38. The van der Waals surface area contributed by atoms with Crippen molar-refractivity contribution in [1.29, 1.82) is 0 Å². The molecule has 1 aliphatic carbocycles. The zero-order chi connectivity index (χ0) is 13.6. The van der Waals surface area contributed by atoms with E-state index in [2.05, 4.69) is 19.2 Å². The molecule has 1 unspecified atom stereocenters. The third kappa shape index (κ3) is 3.95. The van der Waals surface area contributed by atoms with Crippen LogP contribution in [0.1, 0.15) is 59.3 Å². The average Bonchev–Trinajstić information content (AvgIpc) is 2.84. The summed E-state index contributed by atoms with van der Waals surface area (Å²) in [5.74, 6) is -0.0107. The third-order valence-corrected chi connectivity index (χ3v) is 4.01. The van der Waals surface area contributed by atoms with Gasteiger partial charge in [-0.3, -0.25) is 4.79 Å². The monoisotopic (exact) mass is 256 g/mol. The Bertz CT molecular complexity index is 259. The molecule has 0 radical (unpaired) electrons. The van der Waals surface area contributed by atoms with Gasteiger partial charge in [0.05, 0.1) is 5.60 Å².